The Morgan fingerprint density at radius 3 is 2.65 bits per heavy atom. The molecule has 190 valence electrons. The van der Waals surface area contributed by atoms with Gasteiger partial charge in [-0.05, 0) is 55.9 Å². The molecule has 1 unspecified atom stereocenters. The van der Waals surface area contributed by atoms with E-state index in [2.05, 4.69) is 72.4 Å². The van der Waals surface area contributed by atoms with Gasteiger partial charge in [-0.1, -0.05) is 13.8 Å². The molecule has 1 atom stereocenters. The van der Waals surface area contributed by atoms with E-state index < -0.39 is 6.23 Å². The lowest BCUT2D eigenvalue weighted by Gasteiger charge is -2.29. The molecule has 0 radical (unpaired) electrons. The van der Waals surface area contributed by atoms with E-state index in [1.807, 2.05) is 18.5 Å². The van der Waals surface area contributed by atoms with Crippen molar-refractivity contribution in [2.75, 3.05) is 23.3 Å². The topological polar surface area (TPSA) is 119 Å². The fourth-order valence-corrected chi connectivity index (χ4v) is 5.19. The lowest BCUT2D eigenvalue weighted by atomic mass is 10.1. The molecule has 1 fully saturated rings. The van der Waals surface area contributed by atoms with E-state index >= 15 is 0 Å². The van der Waals surface area contributed by atoms with Crippen LogP contribution in [0.4, 0.5) is 11.4 Å². The van der Waals surface area contributed by atoms with E-state index in [0.29, 0.717) is 12.3 Å². The minimum absolute atomic E-state index is 0.389. The largest absolute Gasteiger partial charge is 0.374 e. The first-order valence-electron chi connectivity index (χ1n) is 13.0. The standard InChI is InChI=1S/C28H32N8O/c1-17(2)10-25(37)32-20-11-18(14-29-16-20)19-12-22-26(34-35-28(22)31-15-19)23-13-21-24(6-7-30-27(21)33-23)36-8-4-3-5-9-36/h6-7,11-17,25,32,37H,3-5,8-10H2,1-2H3,(H,30,33)(H,31,34,35). The molecule has 1 aliphatic heterocycles. The van der Waals surface area contributed by atoms with Gasteiger partial charge >= 0.3 is 0 Å². The van der Waals surface area contributed by atoms with Crippen LogP contribution in [-0.4, -0.2) is 54.6 Å². The zero-order chi connectivity index (χ0) is 25.4. The summed E-state index contributed by atoms with van der Waals surface area (Å²) in [4.78, 5) is 19.5. The quantitative estimate of drug-likeness (QED) is 0.225. The van der Waals surface area contributed by atoms with Crippen LogP contribution in [0.3, 0.4) is 0 Å². The normalized spacial score (nSPS) is 15.1. The van der Waals surface area contributed by atoms with Gasteiger partial charge in [-0.25, -0.2) is 9.97 Å². The summed E-state index contributed by atoms with van der Waals surface area (Å²) in [6.07, 6.45) is 11.0. The van der Waals surface area contributed by atoms with E-state index in [1.165, 1.54) is 24.9 Å². The van der Waals surface area contributed by atoms with Gasteiger partial charge in [0.15, 0.2) is 5.65 Å². The molecule has 1 saturated heterocycles. The van der Waals surface area contributed by atoms with Crippen LogP contribution < -0.4 is 10.2 Å². The molecule has 0 saturated carbocycles. The first-order valence-corrected chi connectivity index (χ1v) is 13.0. The Hall–Kier alpha value is -3.98. The number of fused-ring (bicyclic) bond motifs is 2. The number of H-pyrrole nitrogens is 2. The molecule has 37 heavy (non-hydrogen) atoms. The fourth-order valence-electron chi connectivity index (χ4n) is 5.19. The number of pyridine rings is 3. The molecule has 4 N–H and O–H groups in total. The average Bonchev–Trinajstić information content (AvgIpc) is 3.52. The van der Waals surface area contributed by atoms with Crippen LogP contribution in [0.1, 0.15) is 39.5 Å². The molecule has 5 aromatic heterocycles. The van der Waals surface area contributed by atoms with Gasteiger partial charge in [0.2, 0.25) is 0 Å². The summed E-state index contributed by atoms with van der Waals surface area (Å²) in [5.74, 6) is 0.389. The van der Waals surface area contributed by atoms with Gasteiger partial charge in [-0.3, -0.25) is 10.1 Å². The Labute approximate surface area is 215 Å². The van der Waals surface area contributed by atoms with Crippen LogP contribution in [0.2, 0.25) is 0 Å². The number of hydrogen-bond donors (Lipinski definition) is 4. The second-order valence-corrected chi connectivity index (χ2v) is 10.3. The first-order chi connectivity index (χ1) is 18.0. The number of anilines is 2. The minimum atomic E-state index is -0.622. The summed E-state index contributed by atoms with van der Waals surface area (Å²) in [6, 6.07) is 8.32. The molecular formula is C28H32N8O. The lowest BCUT2D eigenvalue weighted by Crippen LogP contribution is -2.29. The third-order valence-corrected chi connectivity index (χ3v) is 6.98. The van der Waals surface area contributed by atoms with Crippen molar-refractivity contribution in [2.45, 2.75) is 45.8 Å². The maximum Gasteiger partial charge on any atom is 0.155 e. The minimum Gasteiger partial charge on any atom is -0.374 e. The number of aliphatic hydroxyl groups excluding tert-OH is 1. The molecule has 0 aromatic carbocycles. The first kappa shape index (κ1) is 23.4. The second kappa shape index (κ2) is 9.82. The molecule has 5 aromatic rings. The highest BCUT2D eigenvalue weighted by atomic mass is 16.3. The van der Waals surface area contributed by atoms with E-state index in [9.17, 15) is 5.11 Å². The molecule has 6 heterocycles. The van der Waals surface area contributed by atoms with E-state index in [4.69, 9.17) is 0 Å². The lowest BCUT2D eigenvalue weighted by molar-refractivity contribution is 0.176. The Kier molecular flexibility index (Phi) is 6.21. The monoisotopic (exact) mass is 496 g/mol. The van der Waals surface area contributed by atoms with Crippen LogP contribution in [0, 0.1) is 5.92 Å². The summed E-state index contributed by atoms with van der Waals surface area (Å²) in [6.45, 7) is 6.32. The molecule has 0 aliphatic carbocycles. The molecule has 9 heteroatoms. The maximum atomic E-state index is 10.3. The Morgan fingerprint density at radius 2 is 1.81 bits per heavy atom. The highest BCUT2D eigenvalue weighted by Gasteiger charge is 2.18. The van der Waals surface area contributed by atoms with Crippen LogP contribution in [0.5, 0.6) is 0 Å². The molecule has 9 nitrogen and oxygen atoms in total. The van der Waals surface area contributed by atoms with Crippen molar-refractivity contribution in [3.8, 4) is 22.5 Å². The smallest absolute Gasteiger partial charge is 0.155 e. The zero-order valence-corrected chi connectivity index (χ0v) is 21.2. The average molecular weight is 497 g/mol. The molecular weight excluding hydrogens is 464 g/mol. The third kappa shape index (κ3) is 4.74. The molecule has 0 spiro atoms. The van der Waals surface area contributed by atoms with Gasteiger partial charge in [-0.2, -0.15) is 5.10 Å². The van der Waals surface area contributed by atoms with Crippen molar-refractivity contribution in [1.82, 2.24) is 30.1 Å². The second-order valence-electron chi connectivity index (χ2n) is 10.3. The zero-order valence-electron chi connectivity index (χ0n) is 21.2. The number of nitrogens with one attached hydrogen (secondary N) is 3. The van der Waals surface area contributed by atoms with Crippen LogP contribution in [0.15, 0.2) is 49.1 Å². The Bertz CT molecular complexity index is 1530. The predicted octanol–water partition coefficient (Wildman–Crippen LogP) is 5.33. The van der Waals surface area contributed by atoms with Crippen LogP contribution in [0.25, 0.3) is 44.6 Å². The van der Waals surface area contributed by atoms with Crippen LogP contribution >= 0.6 is 0 Å². The van der Waals surface area contributed by atoms with Crippen molar-refractivity contribution in [1.29, 1.82) is 0 Å². The van der Waals surface area contributed by atoms with Gasteiger partial charge in [0.05, 0.1) is 17.6 Å². The Balaban J connectivity index is 1.34. The number of hydrogen-bond acceptors (Lipinski definition) is 7. The number of aromatic amines is 2. The molecule has 6 rings (SSSR count). The summed E-state index contributed by atoms with van der Waals surface area (Å²) < 4.78 is 0. The number of rotatable bonds is 7. The summed E-state index contributed by atoms with van der Waals surface area (Å²) in [5, 5.41) is 23.1. The van der Waals surface area contributed by atoms with E-state index in [-0.39, 0.29) is 0 Å². The van der Waals surface area contributed by atoms with Gasteiger partial charge in [0.1, 0.15) is 17.6 Å². The van der Waals surface area contributed by atoms with Crippen molar-refractivity contribution in [2.24, 2.45) is 5.92 Å². The van der Waals surface area contributed by atoms with Crippen molar-refractivity contribution in [3.63, 3.8) is 0 Å². The van der Waals surface area contributed by atoms with Crippen LogP contribution in [-0.2, 0) is 0 Å². The summed E-state index contributed by atoms with van der Waals surface area (Å²) >= 11 is 0. The summed E-state index contributed by atoms with van der Waals surface area (Å²) in [5.41, 5.74) is 7.12. The van der Waals surface area contributed by atoms with Crippen molar-refractivity contribution in [3.05, 3.63) is 49.1 Å². The SMILES string of the molecule is CC(C)CC(O)Nc1cncc(-c2cnc3[nH]nc(-c4cc5c(N6CCCCC6)ccnc5[nH]4)c3c2)c1. The van der Waals surface area contributed by atoms with Gasteiger partial charge in [0.25, 0.3) is 0 Å². The molecule has 1 aliphatic rings. The van der Waals surface area contributed by atoms with Crippen molar-refractivity contribution < 1.29 is 5.11 Å². The van der Waals surface area contributed by atoms with Gasteiger partial charge in [0, 0.05) is 59.3 Å². The number of aromatic nitrogens is 6. The van der Waals surface area contributed by atoms with Gasteiger partial charge < -0.3 is 20.3 Å². The number of aliphatic hydroxyl groups is 1. The summed E-state index contributed by atoms with van der Waals surface area (Å²) in [7, 11) is 0. The van der Waals surface area contributed by atoms with Crippen molar-refractivity contribution >= 4 is 33.4 Å². The fraction of sp³-hybridized carbons (Fsp3) is 0.357. The molecule has 0 bridgehead atoms. The third-order valence-electron chi connectivity index (χ3n) is 6.98. The highest BCUT2D eigenvalue weighted by Crippen LogP contribution is 2.34. The number of piperidine rings is 1. The van der Waals surface area contributed by atoms with E-state index in [0.717, 1.165) is 63.4 Å². The predicted molar refractivity (Wildman–Crippen MR) is 147 cm³/mol. The Morgan fingerprint density at radius 1 is 0.973 bits per heavy atom. The highest BCUT2D eigenvalue weighted by molar-refractivity contribution is 5.98. The van der Waals surface area contributed by atoms with E-state index in [1.54, 1.807) is 12.4 Å². The molecule has 0 amide bonds. The maximum absolute atomic E-state index is 10.3. The van der Waals surface area contributed by atoms with Gasteiger partial charge in [-0.15, -0.1) is 0 Å². The number of nitrogens with zero attached hydrogens (tertiary/aromatic N) is 5.